The van der Waals surface area contributed by atoms with Gasteiger partial charge < -0.3 is 4.52 Å². The van der Waals surface area contributed by atoms with E-state index in [4.69, 9.17) is 16.1 Å². The van der Waals surface area contributed by atoms with E-state index < -0.39 is 0 Å². The van der Waals surface area contributed by atoms with Gasteiger partial charge in [0.1, 0.15) is 0 Å². The number of alkyl halides is 1. The van der Waals surface area contributed by atoms with Gasteiger partial charge >= 0.3 is 0 Å². The zero-order valence-electron chi connectivity index (χ0n) is 10.5. The molecule has 2 aromatic carbocycles. The molecule has 1 unspecified atom stereocenters. The summed E-state index contributed by atoms with van der Waals surface area (Å²) >= 11 is 6.12. The summed E-state index contributed by atoms with van der Waals surface area (Å²) in [6.45, 7) is 1.99. The number of nitrogens with zero attached hydrogens (tertiary/aromatic N) is 2. The molecule has 96 valence electrons. The minimum atomic E-state index is -0.201. The molecule has 0 saturated heterocycles. The fourth-order valence-electron chi connectivity index (χ4n) is 2.07. The molecule has 0 fully saturated rings. The quantitative estimate of drug-likeness (QED) is 0.655. The summed E-state index contributed by atoms with van der Waals surface area (Å²) in [6, 6.07) is 14.1. The van der Waals surface area contributed by atoms with Crippen molar-refractivity contribution in [2.24, 2.45) is 0 Å². The Kier molecular flexibility index (Phi) is 3.22. The first-order valence-corrected chi connectivity index (χ1v) is 6.69. The summed E-state index contributed by atoms with van der Waals surface area (Å²) < 4.78 is 5.34. The molecule has 4 heteroatoms. The average molecular weight is 273 g/mol. The lowest BCUT2D eigenvalue weighted by Crippen LogP contribution is -1.90. The van der Waals surface area contributed by atoms with Crippen LogP contribution in [0.4, 0.5) is 0 Å². The Morgan fingerprint density at radius 3 is 2.79 bits per heavy atom. The van der Waals surface area contributed by atoms with Crippen LogP contribution in [0, 0.1) is 0 Å². The first-order chi connectivity index (χ1) is 9.29. The molecule has 1 atom stereocenters. The van der Waals surface area contributed by atoms with E-state index in [2.05, 4.69) is 22.3 Å². The van der Waals surface area contributed by atoms with E-state index in [9.17, 15) is 0 Å². The van der Waals surface area contributed by atoms with Gasteiger partial charge in [0.15, 0.2) is 5.82 Å². The van der Waals surface area contributed by atoms with Crippen molar-refractivity contribution in [1.82, 2.24) is 10.1 Å². The molecule has 0 saturated carbocycles. The summed E-state index contributed by atoms with van der Waals surface area (Å²) in [7, 11) is 0. The van der Waals surface area contributed by atoms with Crippen molar-refractivity contribution in [2.75, 3.05) is 0 Å². The van der Waals surface area contributed by atoms with Gasteiger partial charge in [0, 0.05) is 5.56 Å². The highest BCUT2D eigenvalue weighted by atomic mass is 35.5. The Hall–Kier alpha value is -1.87. The molecule has 0 N–H and O–H groups in total. The number of aromatic nitrogens is 2. The Bertz CT molecular complexity index is 703. The highest BCUT2D eigenvalue weighted by molar-refractivity contribution is 6.20. The second-order valence-corrected chi connectivity index (χ2v) is 4.89. The monoisotopic (exact) mass is 272 g/mol. The molecule has 0 aliphatic carbocycles. The van der Waals surface area contributed by atoms with Crippen LogP contribution in [0.5, 0.6) is 0 Å². The fraction of sp³-hybridized carbons (Fsp3) is 0.200. The fourth-order valence-corrected chi connectivity index (χ4v) is 2.15. The standard InChI is InChI=1S/C15H13ClN2O/c1-2-13(16)14-17-15(19-18-14)12-9-5-7-10-6-3-4-8-11(10)12/h3-9,13H,2H2,1H3. The second kappa shape index (κ2) is 5.02. The highest BCUT2D eigenvalue weighted by Gasteiger charge is 2.16. The van der Waals surface area contributed by atoms with Crippen LogP contribution in [-0.4, -0.2) is 10.1 Å². The van der Waals surface area contributed by atoms with Crippen molar-refractivity contribution < 1.29 is 4.52 Å². The Balaban J connectivity index is 2.12. The third kappa shape index (κ3) is 2.22. The third-order valence-electron chi connectivity index (χ3n) is 3.10. The van der Waals surface area contributed by atoms with Crippen molar-refractivity contribution in [3.63, 3.8) is 0 Å². The molecule has 3 rings (SSSR count). The molecule has 1 aromatic heterocycles. The van der Waals surface area contributed by atoms with Gasteiger partial charge in [0.05, 0.1) is 5.38 Å². The maximum Gasteiger partial charge on any atom is 0.258 e. The molecule has 0 bridgehead atoms. The Labute approximate surface area is 116 Å². The van der Waals surface area contributed by atoms with Crippen LogP contribution in [0.25, 0.3) is 22.2 Å². The predicted octanol–water partition coefficient (Wildman–Crippen LogP) is 4.58. The van der Waals surface area contributed by atoms with Gasteiger partial charge in [0.25, 0.3) is 5.89 Å². The number of halogens is 1. The lowest BCUT2D eigenvalue weighted by atomic mass is 10.0. The number of fused-ring (bicyclic) bond motifs is 1. The molecule has 0 aliphatic heterocycles. The summed E-state index contributed by atoms with van der Waals surface area (Å²) in [4.78, 5) is 4.39. The molecular weight excluding hydrogens is 260 g/mol. The first-order valence-electron chi connectivity index (χ1n) is 6.25. The van der Waals surface area contributed by atoms with Crippen LogP contribution in [0.2, 0.25) is 0 Å². The molecule has 3 nitrogen and oxygen atoms in total. The van der Waals surface area contributed by atoms with Crippen LogP contribution < -0.4 is 0 Å². The van der Waals surface area contributed by atoms with E-state index in [1.54, 1.807) is 0 Å². The summed E-state index contributed by atoms with van der Waals surface area (Å²) in [5, 5.41) is 6.00. The summed E-state index contributed by atoms with van der Waals surface area (Å²) in [5.41, 5.74) is 0.941. The molecule has 0 radical (unpaired) electrons. The molecule has 19 heavy (non-hydrogen) atoms. The smallest absolute Gasteiger partial charge is 0.258 e. The molecular formula is C15H13ClN2O. The number of hydrogen-bond donors (Lipinski definition) is 0. The number of rotatable bonds is 3. The topological polar surface area (TPSA) is 38.9 Å². The van der Waals surface area contributed by atoms with E-state index in [1.807, 2.05) is 37.3 Å². The van der Waals surface area contributed by atoms with Crippen LogP contribution in [-0.2, 0) is 0 Å². The zero-order chi connectivity index (χ0) is 13.2. The van der Waals surface area contributed by atoms with Crippen molar-refractivity contribution in [2.45, 2.75) is 18.7 Å². The third-order valence-corrected chi connectivity index (χ3v) is 3.60. The Morgan fingerprint density at radius 1 is 1.16 bits per heavy atom. The molecule has 1 heterocycles. The van der Waals surface area contributed by atoms with Crippen molar-refractivity contribution in [3.8, 4) is 11.5 Å². The van der Waals surface area contributed by atoms with E-state index in [0.29, 0.717) is 11.7 Å². The Morgan fingerprint density at radius 2 is 1.95 bits per heavy atom. The van der Waals surface area contributed by atoms with Gasteiger partial charge in [-0.2, -0.15) is 4.98 Å². The van der Waals surface area contributed by atoms with Gasteiger partial charge in [-0.3, -0.25) is 0 Å². The van der Waals surface area contributed by atoms with Crippen molar-refractivity contribution in [3.05, 3.63) is 48.3 Å². The minimum Gasteiger partial charge on any atom is -0.334 e. The summed E-state index contributed by atoms with van der Waals surface area (Å²) in [6.07, 6.45) is 0.774. The maximum absolute atomic E-state index is 6.12. The van der Waals surface area contributed by atoms with Crippen LogP contribution in [0.3, 0.4) is 0 Å². The maximum atomic E-state index is 6.12. The number of benzene rings is 2. The van der Waals surface area contributed by atoms with Gasteiger partial charge in [-0.1, -0.05) is 48.5 Å². The van der Waals surface area contributed by atoms with Crippen LogP contribution in [0.1, 0.15) is 24.5 Å². The van der Waals surface area contributed by atoms with Crippen molar-refractivity contribution in [1.29, 1.82) is 0 Å². The van der Waals surface area contributed by atoms with E-state index in [1.165, 1.54) is 0 Å². The zero-order valence-corrected chi connectivity index (χ0v) is 11.3. The molecule has 0 amide bonds. The van der Waals surface area contributed by atoms with E-state index >= 15 is 0 Å². The highest BCUT2D eigenvalue weighted by Crippen LogP contribution is 2.29. The lowest BCUT2D eigenvalue weighted by Gasteiger charge is -2.01. The van der Waals surface area contributed by atoms with Crippen molar-refractivity contribution >= 4 is 22.4 Å². The van der Waals surface area contributed by atoms with Gasteiger partial charge in [0.2, 0.25) is 0 Å². The molecule has 0 spiro atoms. The van der Waals surface area contributed by atoms with E-state index in [-0.39, 0.29) is 5.38 Å². The predicted molar refractivity (Wildman–Crippen MR) is 76.1 cm³/mol. The minimum absolute atomic E-state index is 0.201. The van der Waals surface area contributed by atoms with Crippen LogP contribution >= 0.6 is 11.6 Å². The normalized spacial score (nSPS) is 12.7. The lowest BCUT2D eigenvalue weighted by molar-refractivity contribution is 0.421. The largest absolute Gasteiger partial charge is 0.334 e. The number of hydrogen-bond acceptors (Lipinski definition) is 3. The first kappa shape index (κ1) is 12.2. The molecule has 3 aromatic rings. The second-order valence-electron chi connectivity index (χ2n) is 4.36. The van der Waals surface area contributed by atoms with Crippen LogP contribution in [0.15, 0.2) is 47.0 Å². The van der Waals surface area contributed by atoms with Gasteiger partial charge in [-0.05, 0) is 23.3 Å². The average Bonchev–Trinajstić information content (AvgIpc) is 2.95. The van der Waals surface area contributed by atoms with E-state index in [0.717, 1.165) is 22.8 Å². The summed E-state index contributed by atoms with van der Waals surface area (Å²) in [5.74, 6) is 1.07. The van der Waals surface area contributed by atoms with Gasteiger partial charge in [-0.15, -0.1) is 11.6 Å². The molecule has 0 aliphatic rings. The SMILES string of the molecule is CCC(Cl)c1noc(-c2cccc3ccccc23)n1. The van der Waals surface area contributed by atoms with Gasteiger partial charge in [-0.25, -0.2) is 0 Å².